The number of ketones is 1. The molecule has 1 aliphatic rings. The van der Waals surface area contributed by atoms with Gasteiger partial charge in [0.15, 0.2) is 5.78 Å². The van der Waals surface area contributed by atoms with Gasteiger partial charge in [-0.05, 0) is 84.9 Å². The topological polar surface area (TPSA) is 287 Å². The first kappa shape index (κ1) is 37.3. The number of carbonyl (C=O) groups excluding carboxylic acids is 3. The molecule has 4 aromatic rings. The van der Waals surface area contributed by atoms with E-state index in [0.717, 1.165) is 19.1 Å². The molecule has 0 aromatic heterocycles. The fourth-order valence-electron chi connectivity index (χ4n) is 4.64. The number of hydrogen-bond acceptors (Lipinski definition) is 13. The van der Waals surface area contributed by atoms with E-state index in [9.17, 15) is 48.7 Å². The van der Waals surface area contributed by atoms with Gasteiger partial charge in [-0.3, -0.25) is 33.5 Å². The molecule has 0 saturated carbocycles. The van der Waals surface area contributed by atoms with Crippen molar-refractivity contribution in [3.05, 3.63) is 113 Å². The van der Waals surface area contributed by atoms with Crippen LogP contribution in [0.1, 0.15) is 33.2 Å². The Kier molecular flexibility index (Phi) is 10.3. The first-order chi connectivity index (χ1) is 24.3. The summed E-state index contributed by atoms with van der Waals surface area (Å²) >= 11 is 0. The Bertz CT molecular complexity index is 2550. The molecule has 5 rings (SSSR count). The molecule has 6 N–H and O–H groups in total. The van der Waals surface area contributed by atoms with Gasteiger partial charge in [0.2, 0.25) is 5.91 Å². The lowest BCUT2D eigenvalue weighted by Crippen LogP contribution is -2.26. The largest absolute Gasteiger partial charge is 0.326 e. The molecule has 0 atom stereocenters. The summed E-state index contributed by atoms with van der Waals surface area (Å²) in [7, 11) is -14.4. The van der Waals surface area contributed by atoms with E-state index in [1.807, 2.05) is 0 Å². The van der Waals surface area contributed by atoms with Crippen molar-refractivity contribution in [1.29, 1.82) is 0 Å². The van der Waals surface area contributed by atoms with E-state index in [1.165, 1.54) is 48.5 Å². The summed E-state index contributed by atoms with van der Waals surface area (Å²) in [6.07, 6.45) is 0.535. The van der Waals surface area contributed by atoms with E-state index in [-0.39, 0.29) is 27.4 Å². The van der Waals surface area contributed by atoms with Gasteiger partial charge in [0.25, 0.3) is 36.3 Å². The molecule has 52 heavy (non-hydrogen) atoms. The maximum absolute atomic E-state index is 12.9. The second kappa shape index (κ2) is 14.3. The highest BCUT2D eigenvalue weighted by Crippen LogP contribution is 2.33. The summed E-state index contributed by atoms with van der Waals surface area (Å²) in [5.74, 6) is -2.27. The van der Waals surface area contributed by atoms with E-state index in [0.29, 0.717) is 23.1 Å². The molecule has 0 saturated heterocycles. The maximum Gasteiger partial charge on any atom is 0.296 e. The third-order valence-corrected chi connectivity index (χ3v) is 9.55. The standard InChI is InChI=1S/C31H24N6O12S3/c1-17(38)32-26-15-24(51(44,45)46)14-25-29(26)27(39)16-28(52(47,48)49)30(25)37-36-20-4-2-18(3-5-20)31(40)33-19-6-8-21(9-7-19)34-35-22-10-12-23(13-11-22)50(41,42)43/h2-16,36H,1H3,(H,32,38)(H,33,40)(H,41,42,43)(H,44,45,46)(H,47,48,49). The predicted molar refractivity (Wildman–Crippen MR) is 186 cm³/mol. The molecule has 0 aliphatic heterocycles. The lowest BCUT2D eigenvalue weighted by molar-refractivity contribution is -0.114. The van der Waals surface area contributed by atoms with Gasteiger partial charge in [0, 0.05) is 29.8 Å². The SMILES string of the molecule is CC(=O)Nc1cc(S(=O)(=O)O)cc2c1C(=O)C=C(S(=O)(=O)O)C2=NNc1ccc(C(=O)Nc2ccc(N=Nc3ccc(S(=O)(=O)O)cc3)cc2)cc1. The molecule has 1 aliphatic carbocycles. The smallest absolute Gasteiger partial charge is 0.296 e. The summed E-state index contributed by atoms with van der Waals surface area (Å²) in [4.78, 5) is 35.5. The normalized spacial score (nSPS) is 14.1. The van der Waals surface area contributed by atoms with Crippen LogP contribution in [-0.2, 0) is 35.1 Å². The number of allylic oxidation sites excluding steroid dienone is 2. The number of amides is 2. The van der Waals surface area contributed by atoms with Crippen LogP contribution in [0, 0.1) is 0 Å². The second-order valence-electron chi connectivity index (χ2n) is 10.7. The van der Waals surface area contributed by atoms with Crippen molar-refractivity contribution >= 4 is 82.1 Å². The molecule has 18 nitrogen and oxygen atoms in total. The minimum Gasteiger partial charge on any atom is -0.326 e. The van der Waals surface area contributed by atoms with Crippen LogP contribution in [-0.4, -0.2) is 62.2 Å². The van der Waals surface area contributed by atoms with Gasteiger partial charge < -0.3 is 10.6 Å². The molecule has 0 radical (unpaired) electrons. The zero-order valence-electron chi connectivity index (χ0n) is 26.2. The first-order valence-electron chi connectivity index (χ1n) is 14.3. The van der Waals surface area contributed by atoms with Gasteiger partial charge in [-0.15, -0.1) is 0 Å². The number of hydrogen-bond donors (Lipinski definition) is 6. The van der Waals surface area contributed by atoms with Gasteiger partial charge in [0.05, 0.1) is 38.1 Å². The lowest BCUT2D eigenvalue weighted by atomic mass is 9.92. The van der Waals surface area contributed by atoms with E-state index < -0.39 is 69.0 Å². The minimum absolute atomic E-state index is 0.174. The van der Waals surface area contributed by atoms with E-state index in [4.69, 9.17) is 4.55 Å². The number of benzene rings is 4. The Labute approximate surface area is 295 Å². The van der Waals surface area contributed by atoms with Crippen molar-refractivity contribution in [2.24, 2.45) is 15.3 Å². The summed E-state index contributed by atoms with van der Waals surface area (Å²) in [6.45, 7) is 1.06. The molecule has 268 valence electrons. The van der Waals surface area contributed by atoms with Crippen molar-refractivity contribution in [3.8, 4) is 0 Å². The number of azo groups is 1. The number of nitrogens with one attached hydrogen (secondary N) is 3. The summed E-state index contributed by atoms with van der Waals surface area (Å²) in [5, 5.41) is 16.9. The van der Waals surface area contributed by atoms with Gasteiger partial charge in [-0.25, -0.2) is 0 Å². The molecule has 0 heterocycles. The quantitative estimate of drug-likeness (QED) is 0.0732. The Morgan fingerprint density at radius 1 is 0.654 bits per heavy atom. The highest BCUT2D eigenvalue weighted by atomic mass is 32.2. The van der Waals surface area contributed by atoms with Crippen LogP contribution in [0.5, 0.6) is 0 Å². The van der Waals surface area contributed by atoms with E-state index in [1.54, 1.807) is 24.3 Å². The van der Waals surface area contributed by atoms with Crippen molar-refractivity contribution < 1.29 is 53.3 Å². The van der Waals surface area contributed by atoms with E-state index in [2.05, 4.69) is 31.4 Å². The number of carbonyl (C=O) groups is 3. The number of fused-ring (bicyclic) bond motifs is 1. The maximum atomic E-state index is 12.9. The zero-order chi connectivity index (χ0) is 38.0. The number of hydrazone groups is 1. The Morgan fingerprint density at radius 2 is 1.19 bits per heavy atom. The summed E-state index contributed by atoms with van der Waals surface area (Å²) < 4.78 is 99.4. The van der Waals surface area contributed by atoms with Crippen molar-refractivity contribution in [3.63, 3.8) is 0 Å². The van der Waals surface area contributed by atoms with Crippen LogP contribution >= 0.6 is 0 Å². The number of anilines is 3. The molecule has 0 bridgehead atoms. The van der Waals surface area contributed by atoms with Gasteiger partial charge >= 0.3 is 0 Å². The van der Waals surface area contributed by atoms with Crippen molar-refractivity contribution in [1.82, 2.24) is 0 Å². The highest BCUT2D eigenvalue weighted by Gasteiger charge is 2.34. The summed E-state index contributed by atoms with van der Waals surface area (Å²) in [5.41, 5.74) is 2.17. The monoisotopic (exact) mass is 768 g/mol. The van der Waals surface area contributed by atoms with Crippen LogP contribution in [0.2, 0.25) is 0 Å². The third kappa shape index (κ3) is 8.84. The van der Waals surface area contributed by atoms with Crippen LogP contribution in [0.15, 0.2) is 121 Å². The molecule has 2 amide bonds. The van der Waals surface area contributed by atoms with Crippen LogP contribution in [0.3, 0.4) is 0 Å². The number of rotatable bonds is 10. The van der Waals surface area contributed by atoms with E-state index >= 15 is 0 Å². The zero-order valence-corrected chi connectivity index (χ0v) is 28.7. The lowest BCUT2D eigenvalue weighted by Gasteiger charge is -2.21. The molecule has 0 unspecified atom stereocenters. The Hall–Kier alpha value is -5.97. The van der Waals surface area contributed by atoms with Gasteiger partial charge in [-0.1, -0.05) is 0 Å². The van der Waals surface area contributed by atoms with Gasteiger partial charge in [-0.2, -0.15) is 40.6 Å². The minimum atomic E-state index is -5.13. The number of nitrogens with zero attached hydrogens (tertiary/aromatic N) is 3. The first-order valence-corrected chi connectivity index (χ1v) is 18.6. The Morgan fingerprint density at radius 3 is 1.71 bits per heavy atom. The van der Waals surface area contributed by atoms with Crippen molar-refractivity contribution in [2.75, 3.05) is 16.1 Å². The molecule has 4 aromatic carbocycles. The average molecular weight is 769 g/mol. The van der Waals surface area contributed by atoms with Crippen LogP contribution in [0.25, 0.3) is 0 Å². The fourth-order valence-corrected chi connectivity index (χ4v) is 6.31. The Balaban J connectivity index is 1.34. The molecular formula is C31H24N6O12S3. The van der Waals surface area contributed by atoms with Crippen LogP contribution < -0.4 is 16.1 Å². The molecule has 0 spiro atoms. The second-order valence-corrected chi connectivity index (χ2v) is 15.0. The fraction of sp³-hybridized carbons (Fsp3) is 0.0323. The van der Waals surface area contributed by atoms with Crippen LogP contribution in [0.4, 0.5) is 28.4 Å². The van der Waals surface area contributed by atoms with Crippen molar-refractivity contribution in [2.45, 2.75) is 16.7 Å². The predicted octanol–water partition coefficient (Wildman–Crippen LogP) is 4.59. The third-order valence-electron chi connectivity index (χ3n) is 6.98. The average Bonchev–Trinajstić information content (AvgIpc) is 3.06. The molecular weight excluding hydrogens is 745 g/mol. The highest BCUT2D eigenvalue weighted by molar-refractivity contribution is 7.91. The summed E-state index contributed by atoms with van der Waals surface area (Å²) in [6, 6.07) is 18.4. The molecule has 0 fully saturated rings. The van der Waals surface area contributed by atoms with Gasteiger partial charge in [0.1, 0.15) is 10.6 Å². The molecule has 21 heteroatoms.